The van der Waals surface area contributed by atoms with Gasteiger partial charge < -0.3 is 22.1 Å². The lowest BCUT2D eigenvalue weighted by Crippen LogP contribution is -2.46. The zero-order valence-corrected chi connectivity index (χ0v) is 23.7. The Morgan fingerprint density at radius 1 is 0.571 bits per heavy atom. The van der Waals surface area contributed by atoms with Gasteiger partial charge in [0.1, 0.15) is 0 Å². The second kappa shape index (κ2) is 19.3. The molecule has 170 valence electrons. The van der Waals surface area contributed by atoms with E-state index in [0.29, 0.717) is 19.8 Å². The SMILES string of the molecule is CCO[Si](C)(CCCSSSSCCC[Si](OCC)(OCC)OCC)OCC. The van der Waals surface area contributed by atoms with Crippen LogP contribution in [0, 0.1) is 0 Å². The van der Waals surface area contributed by atoms with Gasteiger partial charge in [0.2, 0.25) is 0 Å². The summed E-state index contributed by atoms with van der Waals surface area (Å²) in [5, 5.41) is 0. The molecular weight excluding hydrogens is 469 g/mol. The Balaban J connectivity index is 3.82. The first-order valence-corrected chi connectivity index (χ1v) is 19.9. The zero-order chi connectivity index (χ0) is 21.1. The van der Waals surface area contributed by atoms with Gasteiger partial charge in [-0.2, -0.15) is 0 Å². The van der Waals surface area contributed by atoms with Crippen LogP contribution >= 0.6 is 41.2 Å². The minimum atomic E-state index is -2.47. The van der Waals surface area contributed by atoms with E-state index in [1.54, 1.807) is 0 Å². The highest BCUT2D eigenvalue weighted by atomic mass is 33.7. The van der Waals surface area contributed by atoms with E-state index >= 15 is 0 Å². The third-order valence-corrected chi connectivity index (χ3v) is 16.5. The fraction of sp³-hybridized carbons (Fsp3) is 1.00. The lowest BCUT2D eigenvalue weighted by molar-refractivity contribution is 0.0712. The Labute approximate surface area is 190 Å². The van der Waals surface area contributed by atoms with Crippen molar-refractivity contribution in [2.24, 2.45) is 0 Å². The van der Waals surface area contributed by atoms with Gasteiger partial charge in [-0.1, -0.05) is 21.6 Å². The third-order valence-electron chi connectivity index (χ3n) is 3.69. The van der Waals surface area contributed by atoms with Crippen LogP contribution in [0.5, 0.6) is 0 Å². The lowest BCUT2D eigenvalue weighted by atomic mass is 10.6. The highest BCUT2D eigenvalue weighted by molar-refractivity contribution is 9.26. The monoisotopic (exact) mass is 508 g/mol. The molecule has 0 saturated heterocycles. The molecule has 0 rings (SSSR count). The minimum absolute atomic E-state index is 0.648. The van der Waals surface area contributed by atoms with Crippen molar-refractivity contribution in [2.75, 3.05) is 44.5 Å². The molecule has 0 unspecified atom stereocenters. The van der Waals surface area contributed by atoms with Crippen LogP contribution in [0.1, 0.15) is 47.5 Å². The van der Waals surface area contributed by atoms with Gasteiger partial charge in [0, 0.05) is 50.6 Å². The van der Waals surface area contributed by atoms with E-state index < -0.39 is 17.4 Å². The van der Waals surface area contributed by atoms with E-state index in [2.05, 4.69) is 6.55 Å². The van der Waals surface area contributed by atoms with E-state index in [0.717, 1.165) is 49.6 Å². The average molecular weight is 509 g/mol. The number of hydrogen-bond donors (Lipinski definition) is 0. The maximum Gasteiger partial charge on any atom is 0.500 e. The first-order chi connectivity index (χ1) is 13.5. The molecule has 5 nitrogen and oxygen atoms in total. The van der Waals surface area contributed by atoms with Crippen molar-refractivity contribution in [3.63, 3.8) is 0 Å². The average Bonchev–Trinajstić information content (AvgIpc) is 2.64. The van der Waals surface area contributed by atoms with E-state index in [-0.39, 0.29) is 0 Å². The van der Waals surface area contributed by atoms with Gasteiger partial charge in [-0.25, -0.2) is 0 Å². The molecule has 0 aliphatic heterocycles. The summed E-state index contributed by atoms with van der Waals surface area (Å²) in [5.74, 6) is 2.22. The molecule has 0 aromatic rings. The second-order valence-corrected chi connectivity index (χ2v) is 18.3. The van der Waals surface area contributed by atoms with Gasteiger partial charge >= 0.3 is 17.4 Å². The van der Waals surface area contributed by atoms with Gasteiger partial charge in [-0.3, -0.25) is 0 Å². The highest BCUT2D eigenvalue weighted by Crippen LogP contribution is 2.44. The molecule has 0 radical (unpaired) electrons. The van der Waals surface area contributed by atoms with Gasteiger partial charge in [0.15, 0.2) is 0 Å². The third kappa shape index (κ3) is 14.6. The fourth-order valence-electron chi connectivity index (χ4n) is 2.71. The van der Waals surface area contributed by atoms with Gasteiger partial charge in [-0.15, -0.1) is 0 Å². The van der Waals surface area contributed by atoms with Gasteiger partial charge in [-0.05, 0) is 79.7 Å². The van der Waals surface area contributed by atoms with E-state index in [4.69, 9.17) is 22.1 Å². The maximum absolute atomic E-state index is 5.90. The Hall–Kier alpha value is 1.63. The number of hydrogen-bond acceptors (Lipinski definition) is 9. The standard InChI is InChI=1S/C17H40O5S4Si2/c1-7-18-27(6,19-8-2)16-12-14-23-25-26-24-15-13-17-28(20-9-3,21-10-4)22-11-5/h7-17H2,1-6H3. The topological polar surface area (TPSA) is 46.2 Å². The molecule has 0 aliphatic carbocycles. The molecule has 0 atom stereocenters. The van der Waals surface area contributed by atoms with Crippen molar-refractivity contribution in [2.45, 2.75) is 66.1 Å². The molecule has 0 aliphatic rings. The second-order valence-electron chi connectivity index (χ2n) is 5.97. The van der Waals surface area contributed by atoms with Crippen LogP contribution in [-0.2, 0) is 22.1 Å². The molecular formula is C17H40O5S4Si2. The molecule has 0 amide bonds. The van der Waals surface area contributed by atoms with Crippen molar-refractivity contribution in [3.05, 3.63) is 0 Å². The quantitative estimate of drug-likeness (QED) is 0.0964. The van der Waals surface area contributed by atoms with E-state index in [9.17, 15) is 0 Å². The molecule has 0 fully saturated rings. The predicted molar refractivity (Wildman–Crippen MR) is 134 cm³/mol. The summed E-state index contributed by atoms with van der Waals surface area (Å²) in [5.41, 5.74) is 0. The van der Waals surface area contributed by atoms with Gasteiger partial charge in [0.25, 0.3) is 0 Å². The van der Waals surface area contributed by atoms with Crippen LogP contribution in [0.4, 0.5) is 0 Å². The predicted octanol–water partition coefficient (Wildman–Crippen LogP) is 6.64. The molecule has 0 N–H and O–H groups in total. The fourth-order valence-corrected chi connectivity index (χ4v) is 14.4. The summed E-state index contributed by atoms with van der Waals surface area (Å²) in [6.45, 7) is 15.7. The lowest BCUT2D eigenvalue weighted by Gasteiger charge is -2.28. The summed E-state index contributed by atoms with van der Waals surface area (Å²) < 4.78 is 29.5. The zero-order valence-electron chi connectivity index (χ0n) is 18.5. The van der Waals surface area contributed by atoms with Crippen molar-refractivity contribution in [3.8, 4) is 0 Å². The first kappa shape index (κ1) is 29.6. The maximum atomic E-state index is 5.90. The molecule has 0 heterocycles. The first-order valence-electron chi connectivity index (χ1n) is 10.3. The molecule has 0 saturated carbocycles. The summed E-state index contributed by atoms with van der Waals surface area (Å²) in [6.07, 6.45) is 2.21. The van der Waals surface area contributed by atoms with Crippen molar-refractivity contribution < 1.29 is 22.1 Å². The van der Waals surface area contributed by atoms with Crippen LogP contribution < -0.4 is 0 Å². The van der Waals surface area contributed by atoms with Crippen molar-refractivity contribution in [1.29, 1.82) is 0 Å². The largest absolute Gasteiger partial charge is 0.500 e. The molecule has 0 spiro atoms. The van der Waals surface area contributed by atoms with Gasteiger partial charge in [0.05, 0.1) is 0 Å². The summed E-state index contributed by atoms with van der Waals surface area (Å²) in [4.78, 5) is 0. The van der Waals surface area contributed by atoms with Crippen LogP contribution in [-0.4, -0.2) is 61.9 Å². The smallest absolute Gasteiger partial charge is 0.395 e. The summed E-state index contributed by atoms with van der Waals surface area (Å²) in [7, 11) is 3.14. The molecule has 0 aromatic carbocycles. The van der Waals surface area contributed by atoms with Crippen LogP contribution in [0.2, 0.25) is 18.6 Å². The molecule has 0 aromatic heterocycles. The molecule has 28 heavy (non-hydrogen) atoms. The highest BCUT2D eigenvalue weighted by Gasteiger charge is 2.39. The van der Waals surface area contributed by atoms with Crippen LogP contribution in [0.15, 0.2) is 0 Å². The van der Waals surface area contributed by atoms with Crippen molar-refractivity contribution in [1.82, 2.24) is 0 Å². The molecule has 11 heteroatoms. The Bertz CT molecular complexity index is 336. The number of rotatable bonds is 21. The normalized spacial score (nSPS) is 12.6. The summed E-state index contributed by atoms with van der Waals surface area (Å²) >= 11 is 0. The minimum Gasteiger partial charge on any atom is -0.395 e. The van der Waals surface area contributed by atoms with Crippen LogP contribution in [0.3, 0.4) is 0 Å². The Kier molecular flexibility index (Phi) is 20.5. The molecule has 0 bridgehead atoms. The van der Waals surface area contributed by atoms with E-state index in [1.807, 2.05) is 75.9 Å². The summed E-state index contributed by atoms with van der Waals surface area (Å²) in [6, 6.07) is 1.96. The Morgan fingerprint density at radius 3 is 1.36 bits per heavy atom. The van der Waals surface area contributed by atoms with Crippen LogP contribution in [0.25, 0.3) is 0 Å². The van der Waals surface area contributed by atoms with E-state index in [1.165, 1.54) is 0 Å². The Morgan fingerprint density at radius 2 is 0.964 bits per heavy atom. The van der Waals surface area contributed by atoms with Crippen molar-refractivity contribution >= 4 is 58.6 Å².